The summed E-state index contributed by atoms with van der Waals surface area (Å²) in [6, 6.07) is 7.18. The number of hydrogen-bond donors (Lipinski definition) is 2. The first-order chi connectivity index (χ1) is 12.7. The Morgan fingerprint density at radius 1 is 1.30 bits per heavy atom. The predicted molar refractivity (Wildman–Crippen MR) is 102 cm³/mol. The van der Waals surface area contributed by atoms with Gasteiger partial charge < -0.3 is 5.32 Å². The molecule has 9 nitrogen and oxygen atoms in total. The Balaban J connectivity index is 0.00000210. The first-order valence-electron chi connectivity index (χ1n) is 8.59. The Morgan fingerprint density at radius 3 is 2.85 bits per heavy atom. The molecule has 0 atom stereocenters. The van der Waals surface area contributed by atoms with Crippen molar-refractivity contribution in [3.63, 3.8) is 0 Å². The normalized spacial score (nSPS) is 14.6. The number of benzene rings is 1. The van der Waals surface area contributed by atoms with Crippen LogP contribution in [0, 0.1) is 0 Å². The van der Waals surface area contributed by atoms with Gasteiger partial charge in [0.05, 0.1) is 5.69 Å². The zero-order valence-electron chi connectivity index (χ0n) is 14.9. The molecule has 0 bridgehead atoms. The summed E-state index contributed by atoms with van der Waals surface area (Å²) in [5, 5.41) is 14.7. The van der Waals surface area contributed by atoms with E-state index in [1.54, 1.807) is 34.9 Å². The number of amides is 1. The summed E-state index contributed by atoms with van der Waals surface area (Å²) >= 11 is 0. The van der Waals surface area contributed by atoms with Crippen LogP contribution >= 0.6 is 12.4 Å². The Labute approximate surface area is 162 Å². The van der Waals surface area contributed by atoms with E-state index in [1.807, 2.05) is 12.1 Å². The average Bonchev–Trinajstić information content (AvgIpc) is 3.33. The van der Waals surface area contributed by atoms with Gasteiger partial charge in [0.1, 0.15) is 12.7 Å². The summed E-state index contributed by atoms with van der Waals surface area (Å²) in [7, 11) is 1.79. The number of aryl methyl sites for hydroxylation is 1. The Bertz CT molecular complexity index is 902. The standard InChI is InChI=1S/C17H20N8O.ClH/c1-24-17(21-15(23-24)12-5-7-18-8-6-12)22-16(26)13-3-2-4-14(9-13)25-11-19-10-20-25;/h2-4,9-12,18H,5-8H2,1H3,(H,21,22,23,26);1H. The van der Waals surface area contributed by atoms with Crippen molar-refractivity contribution in [2.45, 2.75) is 18.8 Å². The molecule has 2 aromatic heterocycles. The third-order valence-electron chi connectivity index (χ3n) is 4.50. The van der Waals surface area contributed by atoms with Crippen LogP contribution in [0.1, 0.15) is 34.9 Å². The molecule has 4 rings (SSSR count). The summed E-state index contributed by atoms with van der Waals surface area (Å²) in [6.07, 6.45) is 5.06. The van der Waals surface area contributed by atoms with Gasteiger partial charge in [-0.3, -0.25) is 10.1 Å². The lowest BCUT2D eigenvalue weighted by Gasteiger charge is -2.19. The molecule has 2 N–H and O–H groups in total. The molecular weight excluding hydrogens is 368 g/mol. The third-order valence-corrected chi connectivity index (χ3v) is 4.50. The quantitative estimate of drug-likeness (QED) is 0.702. The molecule has 1 aliphatic rings. The second-order valence-electron chi connectivity index (χ2n) is 6.29. The number of halogens is 1. The van der Waals surface area contributed by atoms with Gasteiger partial charge >= 0.3 is 0 Å². The monoisotopic (exact) mass is 388 g/mol. The molecule has 1 saturated heterocycles. The van der Waals surface area contributed by atoms with Gasteiger partial charge in [-0.2, -0.15) is 15.2 Å². The fourth-order valence-electron chi connectivity index (χ4n) is 3.07. The predicted octanol–water partition coefficient (Wildman–Crippen LogP) is 1.54. The smallest absolute Gasteiger partial charge is 0.258 e. The lowest BCUT2D eigenvalue weighted by atomic mass is 9.98. The first-order valence-corrected chi connectivity index (χ1v) is 8.59. The molecule has 0 radical (unpaired) electrons. The highest BCUT2D eigenvalue weighted by Crippen LogP contribution is 2.23. The van der Waals surface area contributed by atoms with Crippen LogP contribution in [0.2, 0.25) is 0 Å². The zero-order valence-corrected chi connectivity index (χ0v) is 15.7. The van der Waals surface area contributed by atoms with Crippen molar-refractivity contribution in [2.75, 3.05) is 18.4 Å². The van der Waals surface area contributed by atoms with E-state index in [2.05, 4.69) is 30.8 Å². The lowest BCUT2D eigenvalue weighted by molar-refractivity contribution is 0.102. The minimum Gasteiger partial charge on any atom is -0.317 e. The maximum atomic E-state index is 12.6. The van der Waals surface area contributed by atoms with Gasteiger partial charge in [-0.1, -0.05) is 6.07 Å². The summed E-state index contributed by atoms with van der Waals surface area (Å²) < 4.78 is 3.23. The zero-order chi connectivity index (χ0) is 17.9. The molecule has 0 spiro atoms. The number of carbonyl (C=O) groups excluding carboxylic acids is 1. The summed E-state index contributed by atoms with van der Waals surface area (Å²) in [4.78, 5) is 21.1. The fraction of sp³-hybridized carbons (Fsp3) is 0.353. The first kappa shape index (κ1) is 19.0. The molecular formula is C17H21ClN8O. The largest absolute Gasteiger partial charge is 0.317 e. The van der Waals surface area contributed by atoms with Crippen LogP contribution in [0.3, 0.4) is 0 Å². The lowest BCUT2D eigenvalue weighted by Crippen LogP contribution is -2.27. The second kappa shape index (κ2) is 8.28. The van der Waals surface area contributed by atoms with Crippen LogP contribution in [0.15, 0.2) is 36.9 Å². The number of hydrogen-bond acceptors (Lipinski definition) is 6. The molecule has 3 heterocycles. The van der Waals surface area contributed by atoms with Crippen molar-refractivity contribution in [1.29, 1.82) is 0 Å². The minimum absolute atomic E-state index is 0. The SMILES string of the molecule is Cl.Cn1nc(C2CCNCC2)nc1NC(=O)c1cccc(-n2cncn2)c1. The fourth-order valence-corrected chi connectivity index (χ4v) is 3.07. The van der Waals surface area contributed by atoms with E-state index in [4.69, 9.17) is 0 Å². The van der Waals surface area contributed by atoms with Gasteiger partial charge in [0, 0.05) is 18.5 Å². The van der Waals surface area contributed by atoms with Crippen LogP contribution in [0.4, 0.5) is 5.95 Å². The van der Waals surface area contributed by atoms with Crippen molar-refractivity contribution in [3.8, 4) is 5.69 Å². The Morgan fingerprint density at radius 2 is 2.11 bits per heavy atom. The Hall–Kier alpha value is -2.78. The van der Waals surface area contributed by atoms with E-state index in [-0.39, 0.29) is 18.3 Å². The van der Waals surface area contributed by atoms with E-state index >= 15 is 0 Å². The molecule has 3 aromatic rings. The number of anilines is 1. The molecule has 10 heteroatoms. The van der Waals surface area contributed by atoms with Gasteiger partial charge in [-0.05, 0) is 44.1 Å². The maximum absolute atomic E-state index is 12.6. The number of rotatable bonds is 4. The van der Waals surface area contributed by atoms with Crippen LogP contribution in [0.25, 0.3) is 5.69 Å². The number of nitrogens with one attached hydrogen (secondary N) is 2. The molecule has 1 aliphatic heterocycles. The topological polar surface area (TPSA) is 103 Å². The van der Waals surface area contributed by atoms with E-state index in [9.17, 15) is 4.79 Å². The Kier molecular flexibility index (Phi) is 5.82. The summed E-state index contributed by atoms with van der Waals surface area (Å²) in [5.74, 6) is 1.35. The molecule has 1 fully saturated rings. The van der Waals surface area contributed by atoms with Gasteiger partial charge in [-0.15, -0.1) is 12.4 Å². The van der Waals surface area contributed by atoms with E-state index < -0.39 is 0 Å². The highest BCUT2D eigenvalue weighted by atomic mass is 35.5. The molecule has 0 saturated carbocycles. The third kappa shape index (κ3) is 4.15. The minimum atomic E-state index is -0.237. The summed E-state index contributed by atoms with van der Waals surface area (Å²) in [5.41, 5.74) is 1.29. The maximum Gasteiger partial charge on any atom is 0.258 e. The number of piperidine rings is 1. The van der Waals surface area contributed by atoms with Crippen molar-refractivity contribution < 1.29 is 4.79 Å². The van der Waals surface area contributed by atoms with Gasteiger partial charge in [-0.25, -0.2) is 14.3 Å². The second-order valence-corrected chi connectivity index (χ2v) is 6.29. The van der Waals surface area contributed by atoms with Gasteiger partial charge in [0.15, 0.2) is 5.82 Å². The molecule has 0 aliphatic carbocycles. The van der Waals surface area contributed by atoms with Gasteiger partial charge in [0.2, 0.25) is 5.95 Å². The number of nitrogens with zero attached hydrogens (tertiary/aromatic N) is 6. The van der Waals surface area contributed by atoms with Crippen molar-refractivity contribution in [3.05, 3.63) is 48.3 Å². The van der Waals surface area contributed by atoms with E-state index in [0.717, 1.165) is 37.4 Å². The van der Waals surface area contributed by atoms with E-state index in [1.165, 1.54) is 6.33 Å². The van der Waals surface area contributed by atoms with Gasteiger partial charge in [0.25, 0.3) is 5.91 Å². The number of aromatic nitrogens is 6. The van der Waals surface area contributed by atoms with Crippen molar-refractivity contribution in [1.82, 2.24) is 34.8 Å². The van der Waals surface area contributed by atoms with Crippen LogP contribution < -0.4 is 10.6 Å². The highest BCUT2D eigenvalue weighted by Gasteiger charge is 2.21. The van der Waals surface area contributed by atoms with Crippen LogP contribution in [-0.4, -0.2) is 48.5 Å². The van der Waals surface area contributed by atoms with Crippen LogP contribution in [0.5, 0.6) is 0 Å². The molecule has 1 amide bonds. The highest BCUT2D eigenvalue weighted by molar-refractivity contribution is 6.03. The van der Waals surface area contributed by atoms with E-state index in [0.29, 0.717) is 17.4 Å². The molecule has 142 valence electrons. The van der Waals surface area contributed by atoms with Crippen LogP contribution in [-0.2, 0) is 7.05 Å². The van der Waals surface area contributed by atoms with Crippen molar-refractivity contribution in [2.24, 2.45) is 7.05 Å². The molecule has 0 unspecified atom stereocenters. The summed E-state index contributed by atoms with van der Waals surface area (Å²) in [6.45, 7) is 1.94. The number of carbonyl (C=O) groups is 1. The van der Waals surface area contributed by atoms with Crippen molar-refractivity contribution >= 4 is 24.3 Å². The molecule has 1 aromatic carbocycles. The molecule has 27 heavy (non-hydrogen) atoms. The average molecular weight is 389 g/mol.